The maximum Gasteiger partial charge on any atom is 0.178 e. The first-order valence-corrected chi connectivity index (χ1v) is 11.2. The molecule has 33 heavy (non-hydrogen) atoms. The van der Waals surface area contributed by atoms with Crippen molar-refractivity contribution in [2.24, 2.45) is 4.99 Å². The van der Waals surface area contributed by atoms with Crippen LogP contribution in [0, 0.1) is 12.7 Å². The first-order chi connectivity index (χ1) is 16.0. The Morgan fingerprint density at radius 1 is 1.24 bits per heavy atom. The number of hydrogen-bond donors (Lipinski definition) is 2. The van der Waals surface area contributed by atoms with Crippen molar-refractivity contribution in [2.45, 2.75) is 13.8 Å². The van der Waals surface area contributed by atoms with Crippen LogP contribution in [0.3, 0.4) is 0 Å². The topological polar surface area (TPSA) is 66.0 Å². The van der Waals surface area contributed by atoms with Crippen molar-refractivity contribution in [1.29, 1.82) is 0 Å². The molecule has 0 fully saturated rings. The number of pyridine rings is 1. The molecule has 0 spiro atoms. The number of fused-ring (bicyclic) bond motifs is 1. The van der Waals surface area contributed by atoms with E-state index in [0.29, 0.717) is 39.4 Å². The molecule has 0 saturated heterocycles. The largest absolute Gasteiger partial charge is 0.388 e. The fourth-order valence-electron chi connectivity index (χ4n) is 3.69. The molecule has 2 N–H and O–H groups in total. The molecular weight excluding hydrogens is 433 g/mol. The molecule has 7 heteroatoms. The zero-order valence-electron chi connectivity index (χ0n) is 18.7. The quantitative estimate of drug-likeness (QED) is 0.298. The summed E-state index contributed by atoms with van der Waals surface area (Å²) in [6, 6.07) is 9.66. The normalized spacial score (nSPS) is 11.9. The van der Waals surface area contributed by atoms with E-state index in [1.807, 2.05) is 19.1 Å². The van der Waals surface area contributed by atoms with Gasteiger partial charge in [-0.15, -0.1) is 11.3 Å². The van der Waals surface area contributed by atoms with Crippen molar-refractivity contribution in [3.63, 3.8) is 0 Å². The second kappa shape index (κ2) is 9.34. The molecule has 5 nitrogen and oxygen atoms in total. The fraction of sp³-hybridized carbons (Fsp3) is 0.115. The van der Waals surface area contributed by atoms with Crippen LogP contribution in [0.5, 0.6) is 0 Å². The Kier molecular flexibility index (Phi) is 6.33. The van der Waals surface area contributed by atoms with Gasteiger partial charge in [-0.1, -0.05) is 19.2 Å². The molecule has 4 rings (SSSR count). The van der Waals surface area contributed by atoms with Crippen LogP contribution in [0.1, 0.15) is 28.8 Å². The minimum atomic E-state index is -0.405. The fourth-order valence-corrected chi connectivity index (χ4v) is 4.59. The number of nitrogens with one attached hydrogen (secondary N) is 2. The zero-order chi connectivity index (χ0) is 23.5. The van der Waals surface area contributed by atoms with Crippen LogP contribution >= 0.6 is 11.3 Å². The molecule has 0 saturated carbocycles. The molecule has 0 aliphatic carbocycles. The number of aliphatic imine (C=N–C) groups is 1. The van der Waals surface area contributed by atoms with E-state index in [1.165, 1.54) is 11.1 Å². The number of benzene rings is 1. The average Bonchev–Trinajstić information content (AvgIpc) is 3.45. The minimum absolute atomic E-state index is 0.342. The SMILES string of the molecule is C=CN=C/C(=C\C)c1ccc(NC)c(C(=C)c2nc3nccc(-c4ccc(C)s4)c3[nH]2)c1F. The summed E-state index contributed by atoms with van der Waals surface area (Å²) >= 11 is 1.70. The van der Waals surface area contributed by atoms with E-state index in [1.54, 1.807) is 42.9 Å². The van der Waals surface area contributed by atoms with Gasteiger partial charge < -0.3 is 10.3 Å². The van der Waals surface area contributed by atoms with Gasteiger partial charge in [-0.3, -0.25) is 4.99 Å². The van der Waals surface area contributed by atoms with Gasteiger partial charge >= 0.3 is 0 Å². The molecule has 3 heterocycles. The van der Waals surface area contributed by atoms with Crippen LogP contribution in [0.25, 0.3) is 32.8 Å². The van der Waals surface area contributed by atoms with E-state index in [9.17, 15) is 0 Å². The highest BCUT2D eigenvalue weighted by Gasteiger charge is 2.21. The van der Waals surface area contributed by atoms with E-state index in [2.05, 4.69) is 57.5 Å². The average molecular weight is 458 g/mol. The van der Waals surface area contributed by atoms with E-state index >= 15 is 4.39 Å². The smallest absolute Gasteiger partial charge is 0.178 e. The van der Waals surface area contributed by atoms with Crippen molar-refractivity contribution in [3.05, 3.63) is 89.6 Å². The highest BCUT2D eigenvalue weighted by Crippen LogP contribution is 2.36. The first-order valence-electron chi connectivity index (χ1n) is 10.4. The number of thiophene rings is 1. The third kappa shape index (κ3) is 4.15. The second-order valence-electron chi connectivity index (χ2n) is 7.34. The van der Waals surface area contributed by atoms with Gasteiger partial charge in [0.05, 0.1) is 5.52 Å². The number of aromatic amines is 1. The summed E-state index contributed by atoms with van der Waals surface area (Å²) in [5.74, 6) is 0.0607. The van der Waals surface area contributed by atoms with Crippen molar-refractivity contribution < 1.29 is 4.39 Å². The number of anilines is 1. The number of nitrogens with zero attached hydrogens (tertiary/aromatic N) is 3. The van der Waals surface area contributed by atoms with Crippen LogP contribution in [0.4, 0.5) is 10.1 Å². The van der Waals surface area contributed by atoms with E-state index in [-0.39, 0.29) is 0 Å². The van der Waals surface area contributed by atoms with E-state index < -0.39 is 5.82 Å². The molecule has 166 valence electrons. The molecule has 0 radical (unpaired) electrons. The van der Waals surface area contributed by atoms with Crippen LogP contribution in [0.2, 0.25) is 0 Å². The van der Waals surface area contributed by atoms with Crippen molar-refractivity contribution in [3.8, 4) is 10.4 Å². The van der Waals surface area contributed by atoms with Crippen LogP contribution in [-0.2, 0) is 0 Å². The summed E-state index contributed by atoms with van der Waals surface area (Å²) in [6.07, 6.45) is 6.53. The summed E-state index contributed by atoms with van der Waals surface area (Å²) in [6.45, 7) is 11.7. The summed E-state index contributed by atoms with van der Waals surface area (Å²) in [5, 5.41) is 3.06. The zero-order valence-corrected chi connectivity index (χ0v) is 19.6. The first kappa shape index (κ1) is 22.4. The van der Waals surface area contributed by atoms with Gasteiger partial charge in [0.25, 0.3) is 0 Å². The Balaban J connectivity index is 1.85. The lowest BCUT2D eigenvalue weighted by Gasteiger charge is -2.15. The minimum Gasteiger partial charge on any atom is -0.388 e. The summed E-state index contributed by atoms with van der Waals surface area (Å²) in [4.78, 5) is 18.7. The number of imidazole rings is 1. The standard InChI is InChI=1S/C26H24FN5S/c1-6-17(14-29-7-2)18-9-10-20(28-5)22(23(18)27)16(4)25-31-24-19(12-13-30-26(24)32-25)21-11-8-15(3)33-21/h6-14,28H,2,4H2,1,3,5H3,(H,30,31,32)/b17-6+,29-14?. The Labute approximate surface area is 196 Å². The van der Waals surface area contributed by atoms with Crippen molar-refractivity contribution in [2.75, 3.05) is 12.4 Å². The number of aromatic nitrogens is 3. The predicted molar refractivity (Wildman–Crippen MR) is 138 cm³/mol. The third-order valence-corrected chi connectivity index (χ3v) is 6.37. The number of hydrogen-bond acceptors (Lipinski definition) is 5. The summed E-state index contributed by atoms with van der Waals surface area (Å²) < 4.78 is 15.8. The molecule has 4 aromatic rings. The molecule has 0 amide bonds. The third-order valence-electron chi connectivity index (χ3n) is 5.34. The number of rotatable bonds is 7. The lowest BCUT2D eigenvalue weighted by Crippen LogP contribution is -2.04. The molecule has 0 aliphatic rings. The van der Waals surface area contributed by atoms with E-state index in [0.717, 1.165) is 16.0 Å². The second-order valence-corrected chi connectivity index (χ2v) is 8.62. The monoisotopic (exact) mass is 457 g/mol. The molecule has 1 aromatic carbocycles. The Morgan fingerprint density at radius 2 is 2.06 bits per heavy atom. The van der Waals surface area contributed by atoms with Gasteiger partial charge in [0, 0.05) is 63.4 Å². The molecule has 0 atom stereocenters. The van der Waals surface area contributed by atoms with Crippen LogP contribution in [-0.4, -0.2) is 28.2 Å². The number of H-pyrrole nitrogens is 1. The maximum absolute atomic E-state index is 15.8. The van der Waals surface area contributed by atoms with Gasteiger partial charge in [0.15, 0.2) is 5.65 Å². The van der Waals surface area contributed by atoms with Crippen molar-refractivity contribution in [1.82, 2.24) is 15.0 Å². The molecular formula is C26H24FN5S. The number of halogens is 1. The van der Waals surface area contributed by atoms with Gasteiger partial charge in [0.1, 0.15) is 11.6 Å². The lowest BCUT2D eigenvalue weighted by molar-refractivity contribution is 0.621. The number of allylic oxidation sites excluding steroid dienone is 2. The van der Waals surface area contributed by atoms with Crippen LogP contribution < -0.4 is 5.32 Å². The van der Waals surface area contributed by atoms with Crippen molar-refractivity contribution >= 4 is 45.5 Å². The Hall–Kier alpha value is -3.84. The molecule has 0 aliphatic heterocycles. The number of aryl methyl sites for hydroxylation is 1. The lowest BCUT2D eigenvalue weighted by atomic mass is 9.96. The predicted octanol–water partition coefficient (Wildman–Crippen LogP) is 6.85. The van der Waals surface area contributed by atoms with Gasteiger partial charge in [-0.05, 0) is 49.8 Å². The Morgan fingerprint density at radius 3 is 2.73 bits per heavy atom. The summed E-state index contributed by atoms with van der Waals surface area (Å²) in [7, 11) is 1.75. The summed E-state index contributed by atoms with van der Waals surface area (Å²) in [5.41, 5.74) is 4.81. The molecule has 3 aromatic heterocycles. The highest BCUT2D eigenvalue weighted by atomic mass is 32.1. The maximum atomic E-state index is 15.8. The molecule has 0 unspecified atom stereocenters. The Bertz CT molecular complexity index is 1420. The van der Waals surface area contributed by atoms with E-state index in [4.69, 9.17) is 0 Å². The van der Waals surface area contributed by atoms with Crippen LogP contribution in [0.15, 0.2) is 67.0 Å². The highest BCUT2D eigenvalue weighted by molar-refractivity contribution is 7.15. The van der Waals surface area contributed by atoms with Gasteiger partial charge in [-0.2, -0.15) is 0 Å². The van der Waals surface area contributed by atoms with Gasteiger partial charge in [-0.25, -0.2) is 14.4 Å². The van der Waals surface area contributed by atoms with Gasteiger partial charge in [0.2, 0.25) is 0 Å². The molecule has 0 bridgehead atoms.